The summed E-state index contributed by atoms with van der Waals surface area (Å²) in [5, 5.41) is 5.78. The Morgan fingerprint density at radius 3 is 2.70 bits per heavy atom. The molecule has 1 aliphatic rings. The molecule has 1 fully saturated rings. The van der Waals surface area contributed by atoms with Crippen LogP contribution in [0.5, 0.6) is 0 Å². The summed E-state index contributed by atoms with van der Waals surface area (Å²) in [6.07, 6.45) is 1.70. The van der Waals surface area contributed by atoms with Gasteiger partial charge in [0.05, 0.1) is 24.8 Å². The van der Waals surface area contributed by atoms with Crippen molar-refractivity contribution in [3.8, 4) is 0 Å². The molecular formula is C20H24N4O3. The monoisotopic (exact) mass is 368 g/mol. The van der Waals surface area contributed by atoms with Crippen LogP contribution in [0.4, 0.5) is 11.5 Å². The number of carbonyl (C=O) groups is 2. The van der Waals surface area contributed by atoms with Crippen molar-refractivity contribution in [2.45, 2.75) is 19.9 Å². The van der Waals surface area contributed by atoms with Gasteiger partial charge in [-0.3, -0.25) is 9.59 Å². The van der Waals surface area contributed by atoms with Gasteiger partial charge in [0, 0.05) is 31.9 Å². The minimum atomic E-state index is -0.219. The Morgan fingerprint density at radius 2 is 1.96 bits per heavy atom. The number of hydrogen-bond acceptors (Lipinski definition) is 5. The molecular weight excluding hydrogens is 344 g/mol. The van der Waals surface area contributed by atoms with Crippen molar-refractivity contribution in [2.75, 3.05) is 36.5 Å². The molecule has 1 atom stereocenters. The van der Waals surface area contributed by atoms with E-state index in [9.17, 15) is 9.59 Å². The number of nitrogens with zero attached hydrogens (tertiary/aromatic N) is 2. The minimum Gasteiger partial charge on any atom is -0.378 e. The summed E-state index contributed by atoms with van der Waals surface area (Å²) in [7, 11) is 0. The Hall–Kier alpha value is -2.93. The van der Waals surface area contributed by atoms with Crippen molar-refractivity contribution in [1.29, 1.82) is 0 Å². The van der Waals surface area contributed by atoms with Crippen LogP contribution in [-0.2, 0) is 9.53 Å². The molecule has 1 unspecified atom stereocenters. The molecule has 0 bridgehead atoms. The molecule has 7 nitrogen and oxygen atoms in total. The van der Waals surface area contributed by atoms with Crippen LogP contribution < -0.4 is 15.5 Å². The predicted octanol–water partition coefficient (Wildman–Crippen LogP) is 2.37. The van der Waals surface area contributed by atoms with E-state index in [0.29, 0.717) is 43.4 Å². The molecule has 1 saturated heterocycles. The molecule has 1 aliphatic heterocycles. The maximum Gasteiger partial charge on any atom is 0.255 e. The van der Waals surface area contributed by atoms with Gasteiger partial charge in [-0.2, -0.15) is 0 Å². The zero-order valence-corrected chi connectivity index (χ0v) is 15.6. The summed E-state index contributed by atoms with van der Waals surface area (Å²) in [5.41, 5.74) is 2.16. The van der Waals surface area contributed by atoms with Gasteiger partial charge in [-0.25, -0.2) is 4.98 Å². The van der Waals surface area contributed by atoms with Crippen molar-refractivity contribution < 1.29 is 14.3 Å². The van der Waals surface area contributed by atoms with E-state index in [1.54, 1.807) is 18.3 Å². The largest absolute Gasteiger partial charge is 0.378 e. The number of hydrogen-bond donors (Lipinski definition) is 2. The van der Waals surface area contributed by atoms with Gasteiger partial charge in [0.25, 0.3) is 5.91 Å². The SMILES string of the molecule is CC(=O)Nc1cccc(C(C)NC(=O)c2cccnc2N2CCOCC2)c1. The van der Waals surface area contributed by atoms with Crippen LogP contribution in [0, 0.1) is 0 Å². The summed E-state index contributed by atoms with van der Waals surface area (Å²) in [6.45, 7) is 6.06. The minimum absolute atomic E-state index is 0.130. The average molecular weight is 368 g/mol. The maximum atomic E-state index is 12.9. The van der Waals surface area contributed by atoms with Crippen LogP contribution in [0.2, 0.25) is 0 Å². The van der Waals surface area contributed by atoms with E-state index in [1.807, 2.05) is 31.2 Å². The van der Waals surface area contributed by atoms with Crippen LogP contribution >= 0.6 is 0 Å². The number of anilines is 2. The lowest BCUT2D eigenvalue weighted by Crippen LogP contribution is -2.38. The molecule has 0 spiro atoms. The molecule has 1 aromatic carbocycles. The molecule has 2 amide bonds. The number of carbonyl (C=O) groups excluding carboxylic acids is 2. The second-order valence-electron chi connectivity index (χ2n) is 6.48. The molecule has 0 saturated carbocycles. The fraction of sp³-hybridized carbons (Fsp3) is 0.350. The van der Waals surface area contributed by atoms with Gasteiger partial charge in [-0.1, -0.05) is 12.1 Å². The topological polar surface area (TPSA) is 83.6 Å². The van der Waals surface area contributed by atoms with E-state index in [2.05, 4.69) is 20.5 Å². The first-order valence-electron chi connectivity index (χ1n) is 9.00. The first-order chi connectivity index (χ1) is 13.0. The van der Waals surface area contributed by atoms with Gasteiger partial charge in [0.15, 0.2) is 0 Å². The third-order valence-electron chi connectivity index (χ3n) is 4.40. The fourth-order valence-electron chi connectivity index (χ4n) is 3.05. The highest BCUT2D eigenvalue weighted by molar-refractivity contribution is 5.99. The number of benzene rings is 1. The Kier molecular flexibility index (Phi) is 6.03. The predicted molar refractivity (Wildman–Crippen MR) is 104 cm³/mol. The van der Waals surface area contributed by atoms with E-state index in [1.165, 1.54) is 6.92 Å². The molecule has 27 heavy (non-hydrogen) atoms. The van der Waals surface area contributed by atoms with Crippen LogP contribution in [0.3, 0.4) is 0 Å². The molecule has 3 rings (SSSR count). The van der Waals surface area contributed by atoms with Gasteiger partial charge < -0.3 is 20.3 Å². The Morgan fingerprint density at radius 1 is 1.19 bits per heavy atom. The second kappa shape index (κ2) is 8.64. The molecule has 7 heteroatoms. The van der Waals surface area contributed by atoms with Gasteiger partial charge in [-0.15, -0.1) is 0 Å². The number of morpholine rings is 1. The third-order valence-corrected chi connectivity index (χ3v) is 4.40. The Labute approximate surface area is 158 Å². The Bertz CT molecular complexity index is 818. The number of ether oxygens (including phenoxy) is 1. The van der Waals surface area contributed by atoms with E-state index in [4.69, 9.17) is 4.74 Å². The molecule has 0 radical (unpaired) electrons. The van der Waals surface area contributed by atoms with Crippen molar-refractivity contribution in [1.82, 2.24) is 10.3 Å². The molecule has 2 aromatic rings. The smallest absolute Gasteiger partial charge is 0.255 e. The first-order valence-corrected chi connectivity index (χ1v) is 9.00. The van der Waals surface area contributed by atoms with Crippen molar-refractivity contribution >= 4 is 23.3 Å². The number of aromatic nitrogens is 1. The number of pyridine rings is 1. The normalized spacial score (nSPS) is 15.1. The number of amides is 2. The molecule has 0 aliphatic carbocycles. The van der Waals surface area contributed by atoms with E-state index in [-0.39, 0.29) is 17.9 Å². The highest BCUT2D eigenvalue weighted by Gasteiger charge is 2.21. The van der Waals surface area contributed by atoms with Crippen LogP contribution in [0.15, 0.2) is 42.6 Å². The molecule has 2 N–H and O–H groups in total. The summed E-state index contributed by atoms with van der Waals surface area (Å²) < 4.78 is 5.38. The summed E-state index contributed by atoms with van der Waals surface area (Å²) >= 11 is 0. The maximum absolute atomic E-state index is 12.9. The Balaban J connectivity index is 1.74. The highest BCUT2D eigenvalue weighted by Crippen LogP contribution is 2.21. The molecule has 1 aromatic heterocycles. The lowest BCUT2D eigenvalue weighted by molar-refractivity contribution is -0.114. The van der Waals surface area contributed by atoms with Crippen LogP contribution in [0.1, 0.15) is 35.8 Å². The number of rotatable bonds is 5. The van der Waals surface area contributed by atoms with Gasteiger partial charge in [-0.05, 0) is 36.8 Å². The van der Waals surface area contributed by atoms with Crippen molar-refractivity contribution in [3.63, 3.8) is 0 Å². The third kappa shape index (κ3) is 4.83. The number of nitrogens with one attached hydrogen (secondary N) is 2. The van der Waals surface area contributed by atoms with E-state index in [0.717, 1.165) is 5.56 Å². The highest BCUT2D eigenvalue weighted by atomic mass is 16.5. The van der Waals surface area contributed by atoms with Gasteiger partial charge in [0.2, 0.25) is 5.91 Å². The van der Waals surface area contributed by atoms with Crippen molar-refractivity contribution in [3.05, 3.63) is 53.7 Å². The molecule has 2 heterocycles. The lowest BCUT2D eigenvalue weighted by Gasteiger charge is -2.29. The zero-order valence-electron chi connectivity index (χ0n) is 15.6. The summed E-state index contributed by atoms with van der Waals surface area (Å²) in [5.74, 6) is 0.369. The van der Waals surface area contributed by atoms with Gasteiger partial charge >= 0.3 is 0 Å². The standard InChI is InChI=1S/C20H24N4O3/c1-14(16-5-3-6-17(13-16)23-15(2)25)22-20(26)18-7-4-8-21-19(18)24-9-11-27-12-10-24/h3-8,13-14H,9-12H2,1-2H3,(H,22,26)(H,23,25). The average Bonchev–Trinajstić information content (AvgIpc) is 2.68. The van der Waals surface area contributed by atoms with Gasteiger partial charge in [0.1, 0.15) is 5.82 Å². The van der Waals surface area contributed by atoms with Crippen LogP contribution in [-0.4, -0.2) is 43.1 Å². The van der Waals surface area contributed by atoms with Crippen LogP contribution in [0.25, 0.3) is 0 Å². The lowest BCUT2D eigenvalue weighted by atomic mass is 10.1. The summed E-state index contributed by atoms with van der Waals surface area (Å²) in [4.78, 5) is 30.6. The first kappa shape index (κ1) is 18.8. The second-order valence-corrected chi connectivity index (χ2v) is 6.48. The van der Waals surface area contributed by atoms with E-state index < -0.39 is 0 Å². The zero-order chi connectivity index (χ0) is 19.2. The molecule has 142 valence electrons. The van der Waals surface area contributed by atoms with Crippen molar-refractivity contribution in [2.24, 2.45) is 0 Å². The summed E-state index contributed by atoms with van der Waals surface area (Å²) in [6, 6.07) is 10.8. The quantitative estimate of drug-likeness (QED) is 0.847. The fourth-order valence-corrected chi connectivity index (χ4v) is 3.05. The van der Waals surface area contributed by atoms with E-state index >= 15 is 0 Å².